The molecule has 0 atom stereocenters. The normalized spacial score (nSPS) is 10.8. The van der Waals surface area contributed by atoms with Crippen molar-refractivity contribution in [3.05, 3.63) is 94.8 Å². The molecule has 7 heteroatoms. The Morgan fingerprint density at radius 3 is 2.65 bits per heavy atom. The number of hydrogen-bond donors (Lipinski definition) is 1. The zero-order chi connectivity index (χ0) is 21.8. The number of amides is 1. The average Bonchev–Trinajstić information content (AvgIpc) is 3.38. The zero-order valence-electron chi connectivity index (χ0n) is 17.1. The standard InChI is InChI=1S/C24H21FN2O4/c1-15-22(16(2)31-27-15)14-29-20-5-3-4-18(12-20)24(28)26-13-21-10-11-23(30-21)17-6-8-19(25)9-7-17/h3-12H,13-14H2,1-2H3,(H,26,28). The van der Waals surface area contributed by atoms with Crippen molar-refractivity contribution in [3.8, 4) is 17.1 Å². The molecule has 6 nitrogen and oxygen atoms in total. The molecule has 0 radical (unpaired) electrons. The largest absolute Gasteiger partial charge is 0.489 e. The Hall–Kier alpha value is -3.87. The van der Waals surface area contributed by atoms with E-state index in [9.17, 15) is 9.18 Å². The Balaban J connectivity index is 1.36. The topological polar surface area (TPSA) is 77.5 Å². The van der Waals surface area contributed by atoms with Crippen molar-refractivity contribution < 1.29 is 22.9 Å². The fourth-order valence-electron chi connectivity index (χ4n) is 3.10. The van der Waals surface area contributed by atoms with Crippen LogP contribution in [0.4, 0.5) is 4.39 Å². The van der Waals surface area contributed by atoms with Gasteiger partial charge in [0.15, 0.2) is 0 Å². The molecule has 4 rings (SSSR count). The molecule has 0 bridgehead atoms. The van der Waals surface area contributed by atoms with Gasteiger partial charge < -0.3 is 19.0 Å². The van der Waals surface area contributed by atoms with Gasteiger partial charge in [0.05, 0.1) is 17.8 Å². The van der Waals surface area contributed by atoms with E-state index in [0.717, 1.165) is 16.8 Å². The lowest BCUT2D eigenvalue weighted by molar-refractivity contribution is 0.0947. The molecule has 2 aromatic heterocycles. The Bertz CT molecular complexity index is 1180. The van der Waals surface area contributed by atoms with Gasteiger partial charge in [-0.1, -0.05) is 11.2 Å². The molecule has 1 amide bonds. The van der Waals surface area contributed by atoms with E-state index in [-0.39, 0.29) is 18.3 Å². The predicted octanol–water partition coefficient (Wildman–Crippen LogP) is 5.20. The summed E-state index contributed by atoms with van der Waals surface area (Å²) >= 11 is 0. The van der Waals surface area contributed by atoms with Crippen LogP contribution in [-0.4, -0.2) is 11.1 Å². The maximum absolute atomic E-state index is 13.1. The molecule has 0 saturated carbocycles. The third-order valence-corrected chi connectivity index (χ3v) is 4.87. The van der Waals surface area contributed by atoms with Gasteiger partial charge in [0, 0.05) is 11.1 Å². The fourth-order valence-corrected chi connectivity index (χ4v) is 3.10. The molecule has 0 saturated heterocycles. The highest BCUT2D eigenvalue weighted by molar-refractivity contribution is 5.94. The maximum Gasteiger partial charge on any atom is 0.251 e. The highest BCUT2D eigenvalue weighted by atomic mass is 19.1. The lowest BCUT2D eigenvalue weighted by atomic mass is 10.2. The van der Waals surface area contributed by atoms with Crippen LogP contribution in [0.25, 0.3) is 11.3 Å². The van der Waals surface area contributed by atoms with E-state index in [4.69, 9.17) is 13.7 Å². The van der Waals surface area contributed by atoms with Gasteiger partial charge in [-0.2, -0.15) is 0 Å². The van der Waals surface area contributed by atoms with Crippen molar-refractivity contribution in [1.29, 1.82) is 0 Å². The maximum atomic E-state index is 13.1. The van der Waals surface area contributed by atoms with Crippen molar-refractivity contribution in [2.24, 2.45) is 0 Å². The molecular formula is C24H21FN2O4. The summed E-state index contributed by atoms with van der Waals surface area (Å²) in [5.41, 5.74) is 2.91. The first-order chi connectivity index (χ1) is 15.0. The van der Waals surface area contributed by atoms with Gasteiger partial charge in [-0.15, -0.1) is 0 Å². The lowest BCUT2D eigenvalue weighted by Gasteiger charge is -2.08. The monoisotopic (exact) mass is 420 g/mol. The number of carbonyl (C=O) groups excluding carboxylic acids is 1. The van der Waals surface area contributed by atoms with Crippen LogP contribution >= 0.6 is 0 Å². The van der Waals surface area contributed by atoms with Gasteiger partial charge in [-0.25, -0.2) is 4.39 Å². The van der Waals surface area contributed by atoms with E-state index in [2.05, 4.69) is 10.5 Å². The van der Waals surface area contributed by atoms with Crippen molar-refractivity contribution >= 4 is 5.91 Å². The number of nitrogens with zero attached hydrogens (tertiary/aromatic N) is 1. The highest BCUT2D eigenvalue weighted by Crippen LogP contribution is 2.23. The third kappa shape index (κ3) is 4.83. The van der Waals surface area contributed by atoms with Gasteiger partial charge in [0.25, 0.3) is 5.91 Å². The minimum atomic E-state index is -0.305. The number of benzene rings is 2. The molecule has 31 heavy (non-hydrogen) atoms. The van der Waals surface area contributed by atoms with Crippen molar-refractivity contribution in [1.82, 2.24) is 10.5 Å². The Morgan fingerprint density at radius 1 is 1.10 bits per heavy atom. The summed E-state index contributed by atoms with van der Waals surface area (Å²) in [5, 5.41) is 6.74. The third-order valence-electron chi connectivity index (χ3n) is 4.87. The summed E-state index contributed by atoms with van der Waals surface area (Å²) in [4.78, 5) is 12.6. The zero-order valence-corrected chi connectivity index (χ0v) is 17.1. The summed E-state index contributed by atoms with van der Waals surface area (Å²) in [6.07, 6.45) is 0. The molecule has 0 unspecified atom stereocenters. The number of rotatable bonds is 7. The van der Waals surface area contributed by atoms with Gasteiger partial charge in [-0.3, -0.25) is 4.79 Å². The molecule has 0 aliphatic carbocycles. The molecule has 0 aliphatic rings. The van der Waals surface area contributed by atoms with Crippen LogP contribution in [0, 0.1) is 19.7 Å². The SMILES string of the molecule is Cc1noc(C)c1COc1cccc(C(=O)NCc2ccc(-c3ccc(F)cc3)o2)c1. The van der Waals surface area contributed by atoms with Gasteiger partial charge in [0.1, 0.15) is 35.5 Å². The average molecular weight is 420 g/mol. The lowest BCUT2D eigenvalue weighted by Crippen LogP contribution is -2.22. The van der Waals surface area contributed by atoms with Crippen LogP contribution in [0.2, 0.25) is 0 Å². The predicted molar refractivity (Wildman–Crippen MR) is 112 cm³/mol. The molecule has 0 aliphatic heterocycles. The number of aromatic nitrogens is 1. The van der Waals surface area contributed by atoms with E-state index in [1.54, 1.807) is 48.5 Å². The first kappa shape index (κ1) is 20.4. The molecule has 2 aromatic carbocycles. The number of carbonyl (C=O) groups is 1. The number of halogens is 1. The van der Waals surface area contributed by atoms with E-state index in [1.165, 1.54) is 12.1 Å². The number of aryl methyl sites for hydroxylation is 2. The Labute approximate surface area is 178 Å². The second-order valence-electron chi connectivity index (χ2n) is 7.07. The summed E-state index contributed by atoms with van der Waals surface area (Å²) < 4.78 is 29.7. The van der Waals surface area contributed by atoms with Crippen LogP contribution in [0.3, 0.4) is 0 Å². The Morgan fingerprint density at radius 2 is 1.90 bits per heavy atom. The van der Waals surface area contributed by atoms with Crippen LogP contribution < -0.4 is 10.1 Å². The molecule has 0 fully saturated rings. The van der Waals surface area contributed by atoms with Crippen LogP contribution in [-0.2, 0) is 13.2 Å². The summed E-state index contributed by atoms with van der Waals surface area (Å²) in [5.74, 6) is 1.94. The van der Waals surface area contributed by atoms with Gasteiger partial charge >= 0.3 is 0 Å². The number of ether oxygens (including phenoxy) is 1. The van der Waals surface area contributed by atoms with E-state index in [0.29, 0.717) is 35.2 Å². The smallest absolute Gasteiger partial charge is 0.251 e. The van der Waals surface area contributed by atoms with E-state index in [1.807, 2.05) is 13.8 Å². The van der Waals surface area contributed by atoms with Crippen LogP contribution in [0.5, 0.6) is 5.75 Å². The van der Waals surface area contributed by atoms with Crippen molar-refractivity contribution in [2.75, 3.05) is 0 Å². The van der Waals surface area contributed by atoms with Crippen LogP contribution in [0.1, 0.15) is 33.1 Å². The first-order valence-electron chi connectivity index (χ1n) is 9.77. The van der Waals surface area contributed by atoms with Gasteiger partial charge in [0.2, 0.25) is 0 Å². The first-order valence-corrected chi connectivity index (χ1v) is 9.77. The molecular weight excluding hydrogens is 399 g/mol. The van der Waals surface area contributed by atoms with Crippen LogP contribution in [0.15, 0.2) is 69.6 Å². The summed E-state index contributed by atoms with van der Waals surface area (Å²) in [6, 6.07) is 16.5. The minimum Gasteiger partial charge on any atom is -0.489 e. The summed E-state index contributed by atoms with van der Waals surface area (Å²) in [6.45, 7) is 4.23. The summed E-state index contributed by atoms with van der Waals surface area (Å²) in [7, 11) is 0. The number of hydrogen-bond acceptors (Lipinski definition) is 5. The number of nitrogens with one attached hydrogen (secondary N) is 1. The second kappa shape index (κ2) is 8.87. The molecule has 158 valence electrons. The molecule has 1 N–H and O–H groups in total. The van der Waals surface area contributed by atoms with Crippen molar-refractivity contribution in [2.45, 2.75) is 27.0 Å². The Kier molecular flexibility index (Phi) is 5.84. The molecule has 4 aromatic rings. The quantitative estimate of drug-likeness (QED) is 0.445. The molecule has 2 heterocycles. The van der Waals surface area contributed by atoms with Crippen molar-refractivity contribution in [3.63, 3.8) is 0 Å². The molecule has 0 spiro atoms. The second-order valence-corrected chi connectivity index (χ2v) is 7.07. The minimum absolute atomic E-state index is 0.226. The van der Waals surface area contributed by atoms with Gasteiger partial charge in [-0.05, 0) is 68.4 Å². The number of furan rings is 1. The highest BCUT2D eigenvalue weighted by Gasteiger charge is 2.12. The van der Waals surface area contributed by atoms with E-state index >= 15 is 0 Å². The van der Waals surface area contributed by atoms with E-state index < -0.39 is 0 Å². The fraction of sp³-hybridized carbons (Fsp3) is 0.167.